The SMILES string of the molecule is NC(=N[NH+]=Cc1cc2c(cc1[N+](=O)[O-])OCO2)N[N+](=O)[O-]. The van der Waals surface area contributed by atoms with Crippen molar-refractivity contribution in [2.45, 2.75) is 0 Å². The van der Waals surface area contributed by atoms with E-state index in [1.807, 2.05) is 0 Å². The fourth-order valence-electron chi connectivity index (χ4n) is 1.51. The molecule has 1 aromatic carbocycles. The lowest BCUT2D eigenvalue weighted by molar-refractivity contribution is -0.528. The van der Waals surface area contributed by atoms with E-state index in [2.05, 4.69) is 10.2 Å². The van der Waals surface area contributed by atoms with E-state index in [-0.39, 0.29) is 23.8 Å². The van der Waals surface area contributed by atoms with E-state index in [1.165, 1.54) is 12.1 Å². The maximum atomic E-state index is 11.0. The summed E-state index contributed by atoms with van der Waals surface area (Å²) in [5.41, 5.74) is 6.65. The molecule has 0 saturated heterocycles. The van der Waals surface area contributed by atoms with Crippen LogP contribution in [-0.2, 0) is 0 Å². The number of hydrogen-bond acceptors (Lipinski definition) is 7. The molecule has 0 atom stereocenters. The Morgan fingerprint density at radius 1 is 1.38 bits per heavy atom. The molecule has 0 bridgehead atoms. The molecule has 12 nitrogen and oxygen atoms in total. The highest BCUT2D eigenvalue weighted by atomic mass is 16.7. The average Bonchev–Trinajstić information content (AvgIpc) is 2.83. The van der Waals surface area contributed by atoms with Gasteiger partial charge in [0.1, 0.15) is 5.56 Å². The summed E-state index contributed by atoms with van der Waals surface area (Å²) in [6.07, 6.45) is 1.15. The second-order valence-corrected chi connectivity index (χ2v) is 3.66. The minimum atomic E-state index is -0.899. The lowest BCUT2D eigenvalue weighted by Crippen LogP contribution is -2.64. The van der Waals surface area contributed by atoms with Gasteiger partial charge in [0.2, 0.25) is 13.0 Å². The van der Waals surface area contributed by atoms with Crippen molar-refractivity contribution in [1.29, 1.82) is 0 Å². The molecule has 1 heterocycles. The summed E-state index contributed by atoms with van der Waals surface area (Å²) in [5, 5.41) is 25.8. The molecule has 0 saturated carbocycles. The lowest BCUT2D eigenvalue weighted by Gasteiger charge is -1.98. The maximum Gasteiger partial charge on any atom is 0.319 e. The highest BCUT2D eigenvalue weighted by molar-refractivity contribution is 5.84. The van der Waals surface area contributed by atoms with Crippen molar-refractivity contribution in [3.05, 3.63) is 37.9 Å². The van der Waals surface area contributed by atoms with Gasteiger partial charge in [-0.05, 0) is 0 Å². The number of nitro benzene ring substituents is 1. The third-order valence-electron chi connectivity index (χ3n) is 2.33. The zero-order valence-corrected chi connectivity index (χ0v) is 10.3. The van der Waals surface area contributed by atoms with Gasteiger partial charge in [0, 0.05) is 11.2 Å². The molecule has 2 rings (SSSR count). The van der Waals surface area contributed by atoms with Crippen LogP contribution in [0.25, 0.3) is 0 Å². The van der Waals surface area contributed by atoms with Crippen molar-refractivity contribution in [2.24, 2.45) is 10.8 Å². The molecule has 0 fully saturated rings. The molecular weight excluding hydrogens is 288 g/mol. The number of nitro groups is 2. The van der Waals surface area contributed by atoms with Crippen LogP contribution in [0.2, 0.25) is 0 Å². The van der Waals surface area contributed by atoms with Crippen molar-refractivity contribution in [2.75, 3.05) is 6.79 Å². The van der Waals surface area contributed by atoms with E-state index in [4.69, 9.17) is 15.2 Å². The van der Waals surface area contributed by atoms with Crippen LogP contribution in [0.3, 0.4) is 0 Å². The summed E-state index contributed by atoms with van der Waals surface area (Å²) in [6.45, 7) is -0.0266. The summed E-state index contributed by atoms with van der Waals surface area (Å²) >= 11 is 0. The first kappa shape index (κ1) is 14.0. The van der Waals surface area contributed by atoms with Gasteiger partial charge < -0.3 is 15.2 Å². The average molecular weight is 297 g/mol. The molecule has 0 radical (unpaired) electrons. The van der Waals surface area contributed by atoms with Crippen LogP contribution < -0.4 is 25.7 Å². The Bertz CT molecular complexity index is 656. The molecule has 1 aliphatic rings. The van der Waals surface area contributed by atoms with Crippen molar-refractivity contribution >= 4 is 17.9 Å². The first-order valence-corrected chi connectivity index (χ1v) is 5.38. The van der Waals surface area contributed by atoms with Crippen LogP contribution in [0.1, 0.15) is 5.56 Å². The number of fused-ring (bicyclic) bond motifs is 1. The normalized spacial score (nSPS) is 13.4. The van der Waals surface area contributed by atoms with Crippen molar-refractivity contribution in [1.82, 2.24) is 5.43 Å². The summed E-state index contributed by atoms with van der Waals surface area (Å²) in [7, 11) is 0. The molecule has 21 heavy (non-hydrogen) atoms. The third kappa shape index (κ3) is 3.31. The van der Waals surface area contributed by atoms with Gasteiger partial charge in [0.05, 0.1) is 11.0 Å². The summed E-state index contributed by atoms with van der Waals surface area (Å²) in [6, 6.07) is 2.58. The van der Waals surface area contributed by atoms with Gasteiger partial charge >= 0.3 is 5.96 Å². The number of hydrazone groups is 1. The molecule has 0 unspecified atom stereocenters. The molecule has 0 aromatic heterocycles. The Balaban J connectivity index is 2.27. The van der Waals surface area contributed by atoms with Gasteiger partial charge in [-0.25, -0.2) is 10.1 Å². The van der Waals surface area contributed by atoms with E-state index in [1.54, 1.807) is 5.43 Å². The molecule has 1 aromatic rings. The topological polar surface area (TPSA) is 169 Å². The van der Waals surface area contributed by atoms with E-state index in [0.29, 0.717) is 5.75 Å². The second kappa shape index (κ2) is 5.68. The summed E-state index contributed by atoms with van der Waals surface area (Å²) in [5.74, 6) is 0.0885. The van der Waals surface area contributed by atoms with Crippen LogP contribution in [0, 0.1) is 20.2 Å². The van der Waals surface area contributed by atoms with Crippen LogP contribution >= 0.6 is 0 Å². The smallest absolute Gasteiger partial charge is 0.319 e. The van der Waals surface area contributed by atoms with E-state index in [9.17, 15) is 20.2 Å². The van der Waals surface area contributed by atoms with Crippen LogP contribution in [0.15, 0.2) is 17.2 Å². The van der Waals surface area contributed by atoms with Gasteiger partial charge in [-0.15, -0.1) is 5.10 Å². The zero-order valence-electron chi connectivity index (χ0n) is 10.3. The predicted octanol–water partition coefficient (Wildman–Crippen LogP) is -2.17. The molecule has 0 spiro atoms. The van der Waals surface area contributed by atoms with Crippen LogP contribution in [-0.4, -0.2) is 28.9 Å². The van der Waals surface area contributed by atoms with Gasteiger partial charge in [-0.2, -0.15) is 0 Å². The highest BCUT2D eigenvalue weighted by Crippen LogP contribution is 2.36. The quantitative estimate of drug-likeness (QED) is 0.244. The van der Waals surface area contributed by atoms with Gasteiger partial charge in [0.15, 0.2) is 16.5 Å². The second-order valence-electron chi connectivity index (χ2n) is 3.66. The Kier molecular flexibility index (Phi) is 3.78. The predicted molar refractivity (Wildman–Crippen MR) is 67.1 cm³/mol. The molecule has 0 amide bonds. The molecule has 12 heteroatoms. The Labute approximate surface area is 116 Å². The lowest BCUT2D eigenvalue weighted by atomic mass is 10.1. The van der Waals surface area contributed by atoms with Crippen molar-refractivity contribution < 1.29 is 24.5 Å². The van der Waals surface area contributed by atoms with Crippen LogP contribution in [0.4, 0.5) is 5.69 Å². The van der Waals surface area contributed by atoms with Crippen molar-refractivity contribution in [3.8, 4) is 11.5 Å². The molecule has 0 aliphatic carbocycles. The van der Waals surface area contributed by atoms with Crippen molar-refractivity contribution in [3.63, 3.8) is 0 Å². The summed E-state index contributed by atoms with van der Waals surface area (Å²) < 4.78 is 10.1. The van der Waals surface area contributed by atoms with E-state index in [0.717, 1.165) is 6.21 Å². The monoisotopic (exact) mass is 297 g/mol. The zero-order chi connectivity index (χ0) is 15.4. The number of nitrogens with zero attached hydrogens (tertiary/aromatic N) is 3. The number of nitrogens with two attached hydrogens (primary N) is 1. The largest absolute Gasteiger partial charge is 0.454 e. The minimum absolute atomic E-state index is 0.0266. The Morgan fingerprint density at radius 2 is 2.05 bits per heavy atom. The fraction of sp³-hybridized carbons (Fsp3) is 0.111. The first-order valence-electron chi connectivity index (χ1n) is 5.38. The maximum absolute atomic E-state index is 11.0. The highest BCUT2D eigenvalue weighted by Gasteiger charge is 2.23. The Hall–Kier alpha value is -3.44. The van der Waals surface area contributed by atoms with Gasteiger partial charge in [-0.1, -0.05) is 5.43 Å². The van der Waals surface area contributed by atoms with Gasteiger partial charge in [-0.3, -0.25) is 10.1 Å². The fourth-order valence-corrected chi connectivity index (χ4v) is 1.51. The number of benzene rings is 1. The number of rotatable bonds is 4. The number of hydrazine groups is 1. The standard InChI is InChI=1S/C9H8N6O6/c10-9(13-15(18)19)12-11-3-5-1-7-8(21-4-20-7)2-6(5)14(16)17/h1-3H,4H2,(H3,10,12,13)/p+1. The first-order chi connectivity index (χ1) is 9.97. The molecule has 1 aliphatic heterocycles. The number of hydrogen-bond donors (Lipinski definition) is 3. The Morgan fingerprint density at radius 3 is 2.67 bits per heavy atom. The minimum Gasteiger partial charge on any atom is -0.454 e. The van der Waals surface area contributed by atoms with Gasteiger partial charge in [0.25, 0.3) is 5.69 Å². The molecular formula is C9H9N6O6+. The van der Waals surface area contributed by atoms with Crippen LogP contribution in [0.5, 0.6) is 11.5 Å². The number of nitrogens with one attached hydrogen (secondary N) is 2. The third-order valence-corrected chi connectivity index (χ3v) is 2.33. The number of guanidine groups is 1. The number of ether oxygens (including phenoxy) is 2. The van der Waals surface area contributed by atoms with E-state index < -0.39 is 15.9 Å². The molecule has 110 valence electrons. The van der Waals surface area contributed by atoms with E-state index >= 15 is 0 Å². The summed E-state index contributed by atoms with van der Waals surface area (Å²) in [4.78, 5) is 20.4. The molecule has 4 N–H and O–H groups in total.